The maximum Gasteiger partial charge on any atom is 0.338 e. The minimum absolute atomic E-state index is 0.0228. The first-order valence-electron chi connectivity index (χ1n) is 7.72. The van der Waals surface area contributed by atoms with Crippen LogP contribution >= 0.6 is 0 Å². The number of benzene rings is 1. The number of hydrogen-bond donors (Lipinski definition) is 0. The number of fused-ring (bicyclic) bond motifs is 2. The number of esters is 1. The fourth-order valence-electron chi connectivity index (χ4n) is 3.60. The quantitative estimate of drug-likeness (QED) is 0.488. The second kappa shape index (κ2) is 6.04. The van der Waals surface area contributed by atoms with Crippen molar-refractivity contribution < 1.29 is 14.5 Å². The van der Waals surface area contributed by atoms with Gasteiger partial charge in [0.2, 0.25) is 0 Å². The van der Waals surface area contributed by atoms with Gasteiger partial charge in [-0.25, -0.2) is 4.79 Å². The lowest BCUT2D eigenvalue weighted by atomic mass is 9.83. The number of hydrogen-bond acceptors (Lipinski definition) is 5. The Hall–Kier alpha value is -1.95. The molecule has 6 nitrogen and oxygen atoms in total. The lowest BCUT2D eigenvalue weighted by Crippen LogP contribution is -2.52. The number of rotatable bonds is 3. The van der Waals surface area contributed by atoms with Crippen LogP contribution in [0.2, 0.25) is 0 Å². The Morgan fingerprint density at radius 3 is 2.36 bits per heavy atom. The number of nitro benzene ring substituents is 1. The average Bonchev–Trinajstić information content (AvgIpc) is 2.48. The van der Waals surface area contributed by atoms with Crippen LogP contribution in [0.1, 0.15) is 42.5 Å². The van der Waals surface area contributed by atoms with Crippen LogP contribution in [0.3, 0.4) is 0 Å². The number of piperidine rings is 2. The Kier molecular flexibility index (Phi) is 4.11. The van der Waals surface area contributed by atoms with E-state index in [2.05, 4.69) is 11.9 Å². The number of nitrogens with zero attached hydrogens (tertiary/aromatic N) is 2. The molecule has 2 atom stereocenters. The van der Waals surface area contributed by atoms with E-state index in [0.29, 0.717) is 17.6 Å². The van der Waals surface area contributed by atoms with Crippen LogP contribution in [0.25, 0.3) is 0 Å². The van der Waals surface area contributed by atoms with Crippen molar-refractivity contribution in [3.05, 3.63) is 39.9 Å². The average molecular weight is 304 g/mol. The molecule has 0 spiro atoms. The third kappa shape index (κ3) is 2.97. The zero-order valence-corrected chi connectivity index (χ0v) is 12.6. The Bertz CT molecular complexity index is 558. The van der Waals surface area contributed by atoms with E-state index >= 15 is 0 Å². The Morgan fingerprint density at radius 1 is 1.23 bits per heavy atom. The van der Waals surface area contributed by atoms with E-state index in [4.69, 9.17) is 4.74 Å². The van der Waals surface area contributed by atoms with Gasteiger partial charge in [0.25, 0.3) is 5.69 Å². The molecule has 118 valence electrons. The molecule has 22 heavy (non-hydrogen) atoms. The topological polar surface area (TPSA) is 72.7 Å². The van der Waals surface area contributed by atoms with E-state index in [1.165, 1.54) is 43.5 Å². The van der Waals surface area contributed by atoms with Gasteiger partial charge in [-0.2, -0.15) is 0 Å². The number of ether oxygens (including phenoxy) is 1. The van der Waals surface area contributed by atoms with Crippen LogP contribution in [0, 0.1) is 10.1 Å². The van der Waals surface area contributed by atoms with Gasteiger partial charge in [0.1, 0.15) is 6.10 Å². The minimum atomic E-state index is -0.479. The number of non-ortho nitro benzene ring substituents is 1. The Labute approximate surface area is 129 Å². The third-order valence-electron chi connectivity index (χ3n) is 4.88. The predicted octanol–water partition coefficient (Wildman–Crippen LogP) is 2.77. The molecule has 2 bridgehead atoms. The molecule has 3 rings (SSSR count). The van der Waals surface area contributed by atoms with Gasteiger partial charge < -0.3 is 9.64 Å². The first-order chi connectivity index (χ1) is 10.5. The lowest BCUT2D eigenvalue weighted by molar-refractivity contribution is -0.384. The van der Waals surface area contributed by atoms with Crippen molar-refractivity contribution in [1.29, 1.82) is 0 Å². The largest absolute Gasteiger partial charge is 0.459 e. The smallest absolute Gasteiger partial charge is 0.338 e. The van der Waals surface area contributed by atoms with Gasteiger partial charge in [-0.05, 0) is 32.0 Å². The van der Waals surface area contributed by atoms with Crippen LogP contribution < -0.4 is 0 Å². The summed E-state index contributed by atoms with van der Waals surface area (Å²) in [4.78, 5) is 24.8. The van der Waals surface area contributed by atoms with Crippen molar-refractivity contribution in [2.45, 2.75) is 50.3 Å². The molecule has 0 N–H and O–H groups in total. The van der Waals surface area contributed by atoms with Crippen LogP contribution in [0.4, 0.5) is 5.69 Å². The fraction of sp³-hybridized carbons (Fsp3) is 0.562. The molecule has 2 aliphatic rings. The Balaban J connectivity index is 1.63. The molecule has 0 aliphatic carbocycles. The van der Waals surface area contributed by atoms with Gasteiger partial charge in [0, 0.05) is 37.1 Å². The maximum absolute atomic E-state index is 12.2. The monoisotopic (exact) mass is 304 g/mol. The standard InChI is InChI=1S/C16H20N2O4/c1-17-13-3-2-4-14(17)10-15(9-13)22-16(19)11-5-7-12(8-6-11)18(20)21/h5-8,13-15H,2-4,9-10H2,1H3. The molecule has 2 aliphatic heterocycles. The van der Waals surface area contributed by atoms with Crippen molar-refractivity contribution in [2.75, 3.05) is 7.05 Å². The summed E-state index contributed by atoms with van der Waals surface area (Å²) in [6.45, 7) is 0. The molecule has 0 radical (unpaired) electrons. The van der Waals surface area contributed by atoms with Crippen LogP contribution in [-0.2, 0) is 4.74 Å². The molecular formula is C16H20N2O4. The summed E-state index contributed by atoms with van der Waals surface area (Å²) in [7, 11) is 2.16. The van der Waals surface area contributed by atoms with Crippen LogP contribution in [0.15, 0.2) is 24.3 Å². The normalized spacial score (nSPS) is 28.1. The summed E-state index contributed by atoms with van der Waals surface area (Å²) in [5, 5.41) is 10.6. The lowest BCUT2D eigenvalue weighted by Gasteiger charge is -2.46. The van der Waals surface area contributed by atoms with E-state index in [9.17, 15) is 14.9 Å². The van der Waals surface area contributed by atoms with Crippen LogP contribution in [-0.4, -0.2) is 41.0 Å². The molecule has 2 heterocycles. The molecule has 1 aromatic rings. The highest BCUT2D eigenvalue weighted by Gasteiger charge is 2.37. The molecule has 2 unspecified atom stereocenters. The van der Waals surface area contributed by atoms with E-state index in [0.717, 1.165) is 12.8 Å². The second-order valence-electron chi connectivity index (χ2n) is 6.21. The molecule has 2 saturated heterocycles. The van der Waals surface area contributed by atoms with E-state index in [-0.39, 0.29) is 17.8 Å². The van der Waals surface area contributed by atoms with Gasteiger partial charge in [0.15, 0.2) is 0 Å². The molecule has 1 aromatic carbocycles. The number of carbonyl (C=O) groups is 1. The van der Waals surface area contributed by atoms with E-state index in [1.54, 1.807) is 0 Å². The van der Waals surface area contributed by atoms with Gasteiger partial charge in [-0.1, -0.05) is 6.42 Å². The van der Waals surface area contributed by atoms with Crippen molar-refractivity contribution >= 4 is 11.7 Å². The summed E-state index contributed by atoms with van der Waals surface area (Å²) in [5.74, 6) is -0.387. The Morgan fingerprint density at radius 2 is 1.82 bits per heavy atom. The molecule has 0 amide bonds. The summed E-state index contributed by atoms with van der Waals surface area (Å²) < 4.78 is 5.63. The maximum atomic E-state index is 12.2. The van der Waals surface area contributed by atoms with E-state index < -0.39 is 4.92 Å². The molecule has 6 heteroatoms. The minimum Gasteiger partial charge on any atom is -0.459 e. The van der Waals surface area contributed by atoms with Gasteiger partial charge in [-0.15, -0.1) is 0 Å². The summed E-state index contributed by atoms with van der Waals surface area (Å²) >= 11 is 0. The first-order valence-corrected chi connectivity index (χ1v) is 7.72. The molecule has 2 fully saturated rings. The summed E-state index contributed by atoms with van der Waals surface area (Å²) in [5.41, 5.74) is 0.347. The SMILES string of the molecule is CN1C2CCCC1CC(OC(=O)c1ccc([N+](=O)[O-])cc1)C2. The highest BCUT2D eigenvalue weighted by molar-refractivity contribution is 5.89. The zero-order chi connectivity index (χ0) is 15.7. The number of nitro groups is 1. The van der Waals surface area contributed by atoms with Gasteiger partial charge in [0.05, 0.1) is 10.5 Å². The van der Waals surface area contributed by atoms with Crippen molar-refractivity contribution in [3.63, 3.8) is 0 Å². The highest BCUT2D eigenvalue weighted by Crippen LogP contribution is 2.34. The summed E-state index contributed by atoms with van der Waals surface area (Å²) in [6.07, 6.45) is 5.30. The van der Waals surface area contributed by atoms with E-state index in [1.807, 2.05) is 0 Å². The third-order valence-corrected chi connectivity index (χ3v) is 4.88. The highest BCUT2D eigenvalue weighted by atomic mass is 16.6. The first kappa shape index (κ1) is 15.0. The van der Waals surface area contributed by atoms with Crippen molar-refractivity contribution in [2.24, 2.45) is 0 Å². The fourth-order valence-corrected chi connectivity index (χ4v) is 3.60. The summed E-state index contributed by atoms with van der Waals surface area (Å²) in [6, 6.07) is 6.58. The zero-order valence-electron chi connectivity index (χ0n) is 12.6. The number of carbonyl (C=O) groups excluding carboxylic acids is 1. The molecular weight excluding hydrogens is 284 g/mol. The van der Waals surface area contributed by atoms with Crippen molar-refractivity contribution in [1.82, 2.24) is 4.90 Å². The second-order valence-corrected chi connectivity index (χ2v) is 6.21. The molecule has 0 saturated carbocycles. The van der Waals surface area contributed by atoms with Crippen molar-refractivity contribution in [3.8, 4) is 0 Å². The van der Waals surface area contributed by atoms with Gasteiger partial charge >= 0.3 is 5.97 Å². The van der Waals surface area contributed by atoms with Gasteiger partial charge in [-0.3, -0.25) is 10.1 Å². The van der Waals surface area contributed by atoms with Crippen LogP contribution in [0.5, 0.6) is 0 Å². The molecule has 0 aromatic heterocycles. The predicted molar refractivity (Wildman–Crippen MR) is 80.7 cm³/mol.